The first-order valence-corrected chi connectivity index (χ1v) is 7.57. The van der Waals surface area contributed by atoms with Crippen molar-refractivity contribution in [2.75, 3.05) is 14.2 Å². The minimum absolute atomic E-state index is 0.109. The maximum absolute atomic E-state index is 12.4. The third kappa shape index (κ3) is 4.61. The Hall–Kier alpha value is -1.80. The van der Waals surface area contributed by atoms with Crippen LogP contribution < -0.4 is 14.2 Å². The zero-order chi connectivity index (χ0) is 16.3. The molecular weight excluding hydrogens is 298 g/mol. The Balaban J connectivity index is 3.21. The molecule has 8 heteroatoms. The predicted octanol–water partition coefficient (Wildman–Crippen LogP) is 1.24. The molecule has 2 N–H and O–H groups in total. The lowest BCUT2D eigenvalue weighted by Crippen LogP contribution is -2.44. The zero-order valence-electron chi connectivity index (χ0n) is 12.3. The summed E-state index contributed by atoms with van der Waals surface area (Å²) in [6, 6.07) is 4.36. The molecule has 7 nitrogen and oxygen atoms in total. The molecule has 0 fully saturated rings. The lowest BCUT2D eigenvalue weighted by atomic mass is 10.0. The summed E-state index contributed by atoms with van der Waals surface area (Å²) in [4.78, 5) is 10.7. The van der Waals surface area contributed by atoms with Crippen molar-refractivity contribution in [2.24, 2.45) is 0 Å². The molecule has 0 amide bonds. The summed E-state index contributed by atoms with van der Waals surface area (Å²) in [5.74, 6) is -0.595. The number of hydrogen-bond acceptors (Lipinski definition) is 5. The fraction of sp³-hybridized carbons (Fsp3) is 0.462. The first-order chi connectivity index (χ1) is 9.61. The second kappa shape index (κ2) is 6.31. The monoisotopic (exact) mass is 317 g/mol. The van der Waals surface area contributed by atoms with Crippen LogP contribution in [-0.4, -0.2) is 39.3 Å². The van der Waals surface area contributed by atoms with Crippen LogP contribution in [-0.2, 0) is 14.8 Å². The van der Waals surface area contributed by atoms with E-state index in [0.29, 0.717) is 5.75 Å². The van der Waals surface area contributed by atoms with Crippen LogP contribution in [0.3, 0.4) is 0 Å². The van der Waals surface area contributed by atoms with Gasteiger partial charge in [0, 0.05) is 11.6 Å². The summed E-state index contributed by atoms with van der Waals surface area (Å²) in [6.07, 6.45) is -0.349. The maximum Gasteiger partial charge on any atom is 0.305 e. The van der Waals surface area contributed by atoms with Crippen molar-refractivity contribution in [3.05, 3.63) is 18.2 Å². The van der Waals surface area contributed by atoms with Crippen molar-refractivity contribution in [3.63, 3.8) is 0 Å². The third-order valence-corrected chi connectivity index (χ3v) is 4.38. The Morgan fingerprint density at radius 2 is 1.90 bits per heavy atom. The molecule has 0 aliphatic carbocycles. The summed E-state index contributed by atoms with van der Waals surface area (Å²) in [6.45, 7) is 2.98. The smallest absolute Gasteiger partial charge is 0.305 e. The summed E-state index contributed by atoms with van der Waals surface area (Å²) in [5.41, 5.74) is -1.14. The largest absolute Gasteiger partial charge is 0.497 e. The molecule has 0 atom stereocenters. The summed E-state index contributed by atoms with van der Waals surface area (Å²) >= 11 is 0. The van der Waals surface area contributed by atoms with E-state index in [2.05, 4.69) is 4.72 Å². The third-order valence-electron chi connectivity index (χ3n) is 2.66. The van der Waals surface area contributed by atoms with E-state index in [1.54, 1.807) is 6.07 Å². The molecule has 0 aromatic heterocycles. The first-order valence-electron chi connectivity index (χ1n) is 6.09. The van der Waals surface area contributed by atoms with Gasteiger partial charge in [-0.15, -0.1) is 0 Å². The summed E-state index contributed by atoms with van der Waals surface area (Å²) < 4.78 is 37.3. The van der Waals surface area contributed by atoms with Gasteiger partial charge >= 0.3 is 5.97 Å². The Morgan fingerprint density at radius 1 is 1.29 bits per heavy atom. The number of nitrogens with one attached hydrogen (secondary N) is 1. The molecule has 0 heterocycles. The summed E-state index contributed by atoms with van der Waals surface area (Å²) in [5, 5.41) is 8.82. The minimum Gasteiger partial charge on any atom is -0.497 e. The van der Waals surface area contributed by atoms with Crippen LogP contribution >= 0.6 is 0 Å². The Kier molecular flexibility index (Phi) is 5.19. The average molecular weight is 317 g/mol. The van der Waals surface area contributed by atoms with Gasteiger partial charge in [-0.1, -0.05) is 0 Å². The molecule has 0 spiro atoms. The van der Waals surface area contributed by atoms with Gasteiger partial charge in [0.25, 0.3) is 0 Å². The van der Waals surface area contributed by atoms with E-state index in [0.717, 1.165) is 0 Å². The zero-order valence-corrected chi connectivity index (χ0v) is 13.2. The molecule has 1 rings (SSSR count). The highest BCUT2D eigenvalue weighted by Crippen LogP contribution is 2.29. The predicted molar refractivity (Wildman–Crippen MR) is 76.2 cm³/mol. The maximum atomic E-state index is 12.4. The van der Waals surface area contributed by atoms with Crippen molar-refractivity contribution in [1.82, 2.24) is 4.72 Å². The minimum atomic E-state index is -3.96. The van der Waals surface area contributed by atoms with E-state index in [1.165, 1.54) is 40.2 Å². The van der Waals surface area contributed by atoms with E-state index in [-0.39, 0.29) is 17.1 Å². The number of ether oxygens (including phenoxy) is 2. The number of methoxy groups -OCH3 is 2. The van der Waals surface area contributed by atoms with Gasteiger partial charge in [0.15, 0.2) is 0 Å². The van der Waals surface area contributed by atoms with Crippen LogP contribution in [0.2, 0.25) is 0 Å². The fourth-order valence-electron chi connectivity index (χ4n) is 1.83. The highest BCUT2D eigenvalue weighted by Gasteiger charge is 2.30. The molecule has 0 saturated carbocycles. The molecule has 1 aromatic carbocycles. The van der Waals surface area contributed by atoms with E-state index < -0.39 is 21.5 Å². The van der Waals surface area contributed by atoms with Gasteiger partial charge in [-0.3, -0.25) is 4.79 Å². The van der Waals surface area contributed by atoms with Crippen LogP contribution in [0.4, 0.5) is 0 Å². The quantitative estimate of drug-likeness (QED) is 0.784. The van der Waals surface area contributed by atoms with Gasteiger partial charge in [-0.2, -0.15) is 0 Å². The fourth-order valence-corrected chi connectivity index (χ4v) is 3.42. The number of hydrogen-bond donors (Lipinski definition) is 2. The number of rotatable bonds is 7. The van der Waals surface area contributed by atoms with Crippen LogP contribution in [0.25, 0.3) is 0 Å². The van der Waals surface area contributed by atoms with Crippen LogP contribution in [0.15, 0.2) is 23.1 Å². The second-order valence-electron chi connectivity index (χ2n) is 5.08. The van der Waals surface area contributed by atoms with Gasteiger partial charge in [-0.25, -0.2) is 13.1 Å². The van der Waals surface area contributed by atoms with E-state index >= 15 is 0 Å². The lowest BCUT2D eigenvalue weighted by Gasteiger charge is -2.24. The summed E-state index contributed by atoms with van der Waals surface area (Å²) in [7, 11) is -1.19. The average Bonchev–Trinajstić information content (AvgIpc) is 2.34. The molecule has 21 heavy (non-hydrogen) atoms. The van der Waals surface area contributed by atoms with Crippen molar-refractivity contribution in [3.8, 4) is 11.5 Å². The van der Waals surface area contributed by atoms with Crippen molar-refractivity contribution >= 4 is 16.0 Å². The topological polar surface area (TPSA) is 102 Å². The van der Waals surface area contributed by atoms with Crippen LogP contribution in [0.5, 0.6) is 11.5 Å². The highest BCUT2D eigenvalue weighted by molar-refractivity contribution is 7.89. The molecule has 0 unspecified atom stereocenters. The van der Waals surface area contributed by atoms with E-state index in [1.807, 2.05) is 0 Å². The van der Waals surface area contributed by atoms with E-state index in [9.17, 15) is 13.2 Å². The van der Waals surface area contributed by atoms with Gasteiger partial charge in [0.05, 0.1) is 20.6 Å². The van der Waals surface area contributed by atoms with Crippen LogP contribution in [0, 0.1) is 0 Å². The Morgan fingerprint density at radius 3 is 2.38 bits per heavy atom. The van der Waals surface area contributed by atoms with Crippen LogP contribution in [0.1, 0.15) is 20.3 Å². The van der Waals surface area contributed by atoms with Gasteiger partial charge in [-0.05, 0) is 26.0 Å². The molecule has 1 aromatic rings. The Labute approximate surface area is 123 Å². The molecule has 0 aliphatic rings. The first kappa shape index (κ1) is 17.3. The molecular formula is C13H19NO6S. The van der Waals surface area contributed by atoms with Gasteiger partial charge in [0.2, 0.25) is 10.0 Å². The number of carboxylic acids is 1. The van der Waals surface area contributed by atoms with Crippen molar-refractivity contribution in [1.29, 1.82) is 0 Å². The molecule has 118 valence electrons. The highest BCUT2D eigenvalue weighted by atomic mass is 32.2. The molecule has 0 aliphatic heterocycles. The number of benzene rings is 1. The number of sulfonamides is 1. The molecule has 0 saturated heterocycles. The van der Waals surface area contributed by atoms with Gasteiger partial charge in [0.1, 0.15) is 16.4 Å². The number of carboxylic acid groups (broad SMARTS) is 1. The second-order valence-corrected chi connectivity index (χ2v) is 6.73. The standard InChI is InChI=1S/C13H19NO6S/c1-13(2,8-12(15)16)14-21(17,18)11-7-9(19-3)5-6-10(11)20-4/h5-7,14H,8H2,1-4H3,(H,15,16). The van der Waals surface area contributed by atoms with Crippen molar-refractivity contribution < 1.29 is 27.8 Å². The Bertz CT molecular complexity index is 624. The SMILES string of the molecule is COc1ccc(OC)c(S(=O)(=O)NC(C)(C)CC(=O)O)c1. The van der Waals surface area contributed by atoms with E-state index in [4.69, 9.17) is 14.6 Å². The number of carbonyl (C=O) groups is 1. The normalized spacial score (nSPS) is 12.0. The molecule has 0 radical (unpaired) electrons. The number of aliphatic carboxylic acids is 1. The van der Waals surface area contributed by atoms with Gasteiger partial charge < -0.3 is 14.6 Å². The lowest BCUT2D eigenvalue weighted by molar-refractivity contribution is -0.138. The molecule has 0 bridgehead atoms. The van der Waals surface area contributed by atoms with Crippen molar-refractivity contribution in [2.45, 2.75) is 30.7 Å².